The first-order valence-corrected chi connectivity index (χ1v) is 6.52. The van der Waals surface area contributed by atoms with E-state index in [2.05, 4.69) is 4.74 Å². The van der Waals surface area contributed by atoms with E-state index in [0.717, 1.165) is 0 Å². The minimum Gasteiger partial charge on any atom is -0.468 e. The lowest BCUT2D eigenvalue weighted by Gasteiger charge is -2.21. The molecule has 7 nitrogen and oxygen atoms in total. The van der Waals surface area contributed by atoms with E-state index in [9.17, 15) is 19.7 Å². The maximum atomic E-state index is 12.5. The third-order valence-corrected chi connectivity index (χ3v) is 2.99. The molecular formula is C14H18N2O5. The molecule has 21 heavy (non-hydrogen) atoms. The summed E-state index contributed by atoms with van der Waals surface area (Å²) in [5, 5.41) is 11.1. The van der Waals surface area contributed by atoms with Gasteiger partial charge < -0.3 is 9.64 Å². The van der Waals surface area contributed by atoms with Crippen molar-refractivity contribution in [2.45, 2.75) is 20.3 Å². The maximum Gasteiger partial charge on any atom is 0.325 e. The van der Waals surface area contributed by atoms with Gasteiger partial charge in [-0.1, -0.05) is 19.1 Å². The molecule has 0 aliphatic heterocycles. The minimum atomic E-state index is -0.595. The van der Waals surface area contributed by atoms with Crippen molar-refractivity contribution in [3.05, 3.63) is 39.4 Å². The Kier molecular flexibility index (Phi) is 5.83. The number of nitrogens with zero attached hydrogens (tertiary/aromatic N) is 2. The Balaban J connectivity index is 3.20. The molecule has 0 atom stereocenters. The van der Waals surface area contributed by atoms with Crippen LogP contribution in [0.3, 0.4) is 0 Å². The van der Waals surface area contributed by atoms with Gasteiger partial charge in [-0.25, -0.2) is 0 Å². The second-order valence-corrected chi connectivity index (χ2v) is 4.53. The summed E-state index contributed by atoms with van der Waals surface area (Å²) in [5.74, 6) is -1.10. The van der Waals surface area contributed by atoms with Gasteiger partial charge in [-0.05, 0) is 18.9 Å². The lowest BCUT2D eigenvalue weighted by atomic mass is 10.1. The highest BCUT2D eigenvalue weighted by molar-refractivity contribution is 6.00. The van der Waals surface area contributed by atoms with Gasteiger partial charge in [0.2, 0.25) is 0 Å². The van der Waals surface area contributed by atoms with Crippen LogP contribution in [0.15, 0.2) is 18.2 Å². The first-order valence-electron chi connectivity index (χ1n) is 6.52. The summed E-state index contributed by atoms with van der Waals surface area (Å²) in [4.78, 5) is 35.7. The molecule has 0 fully saturated rings. The molecule has 1 rings (SSSR count). The van der Waals surface area contributed by atoms with E-state index in [0.29, 0.717) is 18.5 Å². The topological polar surface area (TPSA) is 89.8 Å². The van der Waals surface area contributed by atoms with Gasteiger partial charge in [0.25, 0.3) is 11.6 Å². The van der Waals surface area contributed by atoms with Gasteiger partial charge in [-0.3, -0.25) is 19.7 Å². The van der Waals surface area contributed by atoms with Crippen LogP contribution in [0.2, 0.25) is 0 Å². The normalized spacial score (nSPS) is 10.0. The first kappa shape index (κ1) is 16.6. The number of hydrogen-bond acceptors (Lipinski definition) is 5. The summed E-state index contributed by atoms with van der Waals surface area (Å²) in [6.45, 7) is 3.57. The Morgan fingerprint density at radius 2 is 2.05 bits per heavy atom. The van der Waals surface area contributed by atoms with Crippen molar-refractivity contribution < 1.29 is 19.2 Å². The van der Waals surface area contributed by atoms with Crippen LogP contribution in [0.5, 0.6) is 0 Å². The molecule has 0 bridgehead atoms. The van der Waals surface area contributed by atoms with Gasteiger partial charge in [0.1, 0.15) is 12.1 Å². The van der Waals surface area contributed by atoms with Crippen LogP contribution in [-0.4, -0.2) is 41.9 Å². The molecule has 0 saturated carbocycles. The highest BCUT2D eigenvalue weighted by atomic mass is 16.6. The Hall–Kier alpha value is -2.44. The van der Waals surface area contributed by atoms with Crippen molar-refractivity contribution >= 4 is 17.6 Å². The minimum absolute atomic E-state index is 0.0138. The van der Waals surface area contributed by atoms with E-state index < -0.39 is 16.8 Å². The lowest BCUT2D eigenvalue weighted by molar-refractivity contribution is -0.385. The van der Waals surface area contributed by atoms with Crippen LogP contribution in [0.25, 0.3) is 0 Å². The number of nitro groups is 1. The Morgan fingerprint density at radius 1 is 1.38 bits per heavy atom. The van der Waals surface area contributed by atoms with E-state index in [1.807, 2.05) is 6.92 Å². The Labute approximate surface area is 122 Å². The number of methoxy groups -OCH3 is 1. The molecule has 0 radical (unpaired) electrons. The molecule has 1 aromatic carbocycles. The van der Waals surface area contributed by atoms with Crippen LogP contribution >= 0.6 is 0 Å². The smallest absolute Gasteiger partial charge is 0.325 e. The molecule has 7 heteroatoms. The largest absolute Gasteiger partial charge is 0.468 e. The Morgan fingerprint density at radius 3 is 2.57 bits per heavy atom. The van der Waals surface area contributed by atoms with Gasteiger partial charge in [-0.2, -0.15) is 0 Å². The molecule has 0 unspecified atom stereocenters. The second kappa shape index (κ2) is 7.37. The SMILES string of the molecule is CCCN(CC(=O)OC)C(=O)c1c(C)cccc1[N+](=O)[O-]. The van der Waals surface area contributed by atoms with E-state index in [1.165, 1.54) is 24.1 Å². The summed E-state index contributed by atoms with van der Waals surface area (Å²) in [5.41, 5.74) is 0.256. The second-order valence-electron chi connectivity index (χ2n) is 4.53. The number of aryl methyl sites for hydroxylation is 1. The molecule has 114 valence electrons. The number of rotatable bonds is 6. The summed E-state index contributed by atoms with van der Waals surface area (Å²) in [6.07, 6.45) is 0.627. The fourth-order valence-electron chi connectivity index (χ4n) is 1.98. The van der Waals surface area contributed by atoms with E-state index in [-0.39, 0.29) is 17.8 Å². The molecule has 0 spiro atoms. The van der Waals surface area contributed by atoms with Gasteiger partial charge in [-0.15, -0.1) is 0 Å². The molecular weight excluding hydrogens is 276 g/mol. The molecule has 0 aromatic heterocycles. The quantitative estimate of drug-likeness (QED) is 0.454. The summed E-state index contributed by atoms with van der Waals surface area (Å²) in [6, 6.07) is 4.43. The van der Waals surface area contributed by atoms with E-state index in [4.69, 9.17) is 0 Å². The van der Waals surface area contributed by atoms with Crippen molar-refractivity contribution in [3.8, 4) is 0 Å². The Bertz CT molecular complexity index is 556. The van der Waals surface area contributed by atoms with Crippen LogP contribution in [0.4, 0.5) is 5.69 Å². The fraction of sp³-hybridized carbons (Fsp3) is 0.429. The molecule has 0 N–H and O–H groups in total. The standard InChI is InChI=1S/C14H18N2O5/c1-4-8-15(9-12(17)21-3)14(18)13-10(2)6-5-7-11(13)16(19)20/h5-7H,4,8-9H2,1-3H3. The lowest BCUT2D eigenvalue weighted by Crippen LogP contribution is -2.37. The zero-order valence-electron chi connectivity index (χ0n) is 12.3. The van der Waals surface area contributed by atoms with Gasteiger partial charge >= 0.3 is 5.97 Å². The van der Waals surface area contributed by atoms with Crippen molar-refractivity contribution in [2.75, 3.05) is 20.2 Å². The van der Waals surface area contributed by atoms with Crippen LogP contribution < -0.4 is 0 Å². The zero-order chi connectivity index (χ0) is 16.0. The molecule has 0 saturated heterocycles. The van der Waals surface area contributed by atoms with Crippen molar-refractivity contribution in [3.63, 3.8) is 0 Å². The van der Waals surface area contributed by atoms with Crippen LogP contribution in [0.1, 0.15) is 29.3 Å². The summed E-state index contributed by atoms with van der Waals surface area (Å²) >= 11 is 0. The van der Waals surface area contributed by atoms with Crippen molar-refractivity contribution in [1.82, 2.24) is 4.90 Å². The molecule has 0 aliphatic rings. The van der Waals surface area contributed by atoms with Crippen molar-refractivity contribution in [1.29, 1.82) is 0 Å². The number of nitro benzene ring substituents is 1. The zero-order valence-corrected chi connectivity index (χ0v) is 12.3. The monoisotopic (exact) mass is 294 g/mol. The van der Waals surface area contributed by atoms with Crippen LogP contribution in [-0.2, 0) is 9.53 Å². The number of carbonyl (C=O) groups excluding carboxylic acids is 2. The number of carbonyl (C=O) groups is 2. The fourth-order valence-corrected chi connectivity index (χ4v) is 1.98. The molecule has 1 amide bonds. The average molecular weight is 294 g/mol. The van der Waals surface area contributed by atoms with Crippen LogP contribution in [0, 0.1) is 17.0 Å². The average Bonchev–Trinajstić information content (AvgIpc) is 2.45. The first-order chi connectivity index (χ1) is 9.92. The van der Waals surface area contributed by atoms with E-state index in [1.54, 1.807) is 13.0 Å². The maximum absolute atomic E-state index is 12.5. The number of hydrogen-bond donors (Lipinski definition) is 0. The van der Waals surface area contributed by atoms with Gasteiger partial charge in [0.05, 0.1) is 12.0 Å². The third kappa shape index (κ3) is 4.01. The predicted molar refractivity (Wildman–Crippen MR) is 76.0 cm³/mol. The summed E-state index contributed by atoms with van der Waals surface area (Å²) < 4.78 is 4.55. The predicted octanol–water partition coefficient (Wildman–Crippen LogP) is 1.93. The van der Waals surface area contributed by atoms with Crippen molar-refractivity contribution in [2.24, 2.45) is 0 Å². The van der Waals surface area contributed by atoms with E-state index >= 15 is 0 Å². The highest BCUT2D eigenvalue weighted by Crippen LogP contribution is 2.23. The van der Waals surface area contributed by atoms with Gasteiger partial charge in [0.15, 0.2) is 0 Å². The third-order valence-electron chi connectivity index (χ3n) is 2.99. The number of esters is 1. The number of benzene rings is 1. The highest BCUT2D eigenvalue weighted by Gasteiger charge is 2.27. The molecule has 0 aliphatic carbocycles. The molecule has 1 aromatic rings. The summed E-state index contributed by atoms with van der Waals surface area (Å²) in [7, 11) is 1.23. The molecule has 0 heterocycles. The number of amides is 1. The van der Waals surface area contributed by atoms with Gasteiger partial charge in [0, 0.05) is 12.6 Å². The number of ether oxygens (including phenoxy) is 1.